The van der Waals surface area contributed by atoms with Gasteiger partial charge in [0.15, 0.2) is 5.82 Å². The van der Waals surface area contributed by atoms with Crippen LogP contribution in [0.25, 0.3) is 22.6 Å². The Labute approximate surface area is 205 Å². The summed E-state index contributed by atoms with van der Waals surface area (Å²) in [6.45, 7) is 4.43. The number of imidazole rings is 1. The number of carbonyl (C=O) groups is 1. The van der Waals surface area contributed by atoms with E-state index in [2.05, 4.69) is 37.5 Å². The van der Waals surface area contributed by atoms with Gasteiger partial charge in [-0.15, -0.1) is 0 Å². The Morgan fingerprint density at radius 2 is 1.74 bits per heavy atom. The van der Waals surface area contributed by atoms with Crippen LogP contribution in [0.5, 0.6) is 0 Å². The fourth-order valence-electron chi connectivity index (χ4n) is 5.67. The Morgan fingerprint density at radius 3 is 2.49 bits per heavy atom. The van der Waals surface area contributed by atoms with Gasteiger partial charge in [0.2, 0.25) is 5.91 Å². The zero-order chi connectivity index (χ0) is 23.6. The summed E-state index contributed by atoms with van der Waals surface area (Å²) in [5, 5.41) is 0. The molecule has 2 fully saturated rings. The summed E-state index contributed by atoms with van der Waals surface area (Å²) < 4.78 is 7.54. The summed E-state index contributed by atoms with van der Waals surface area (Å²) in [6, 6.07) is 16.6. The van der Waals surface area contributed by atoms with Crippen LogP contribution in [0.2, 0.25) is 0 Å². The largest absolute Gasteiger partial charge is 0.472 e. The van der Waals surface area contributed by atoms with Crippen molar-refractivity contribution in [2.45, 2.75) is 38.3 Å². The van der Waals surface area contributed by atoms with E-state index in [0.717, 1.165) is 81.0 Å². The molecule has 0 unspecified atom stereocenters. The van der Waals surface area contributed by atoms with Gasteiger partial charge < -0.3 is 13.9 Å². The normalized spacial score (nSPS) is 18.3. The maximum atomic E-state index is 13.3. The van der Waals surface area contributed by atoms with Crippen molar-refractivity contribution < 1.29 is 9.21 Å². The molecule has 2 aliphatic rings. The lowest BCUT2D eigenvalue weighted by Gasteiger charge is -2.38. The van der Waals surface area contributed by atoms with Gasteiger partial charge in [0, 0.05) is 43.4 Å². The molecule has 0 spiro atoms. The first-order valence-electron chi connectivity index (χ1n) is 12.7. The van der Waals surface area contributed by atoms with Crippen molar-refractivity contribution >= 4 is 16.9 Å². The fourth-order valence-corrected chi connectivity index (χ4v) is 5.67. The average molecular weight is 470 g/mol. The number of para-hydroxylation sites is 2. The fraction of sp³-hybridized carbons (Fsp3) is 0.393. The number of hydrogen-bond donors (Lipinski definition) is 0. The second-order valence-corrected chi connectivity index (χ2v) is 9.75. The second kappa shape index (κ2) is 9.66. The number of carbonyl (C=O) groups excluding carboxylic acids is 1. The van der Waals surface area contributed by atoms with E-state index in [9.17, 15) is 4.79 Å². The molecule has 7 heteroatoms. The topological polar surface area (TPSA) is 67.4 Å². The number of furan rings is 1. The van der Waals surface area contributed by atoms with Gasteiger partial charge in [-0.3, -0.25) is 14.7 Å². The second-order valence-electron chi connectivity index (χ2n) is 9.75. The molecular weight excluding hydrogens is 438 g/mol. The van der Waals surface area contributed by atoms with Crippen LogP contribution in [0.15, 0.2) is 71.7 Å². The minimum atomic E-state index is 0.144. The van der Waals surface area contributed by atoms with Gasteiger partial charge in [-0.1, -0.05) is 18.2 Å². The van der Waals surface area contributed by atoms with Crippen LogP contribution in [0, 0.1) is 5.92 Å². The number of hydrogen-bond acceptors (Lipinski definition) is 5. The highest BCUT2D eigenvalue weighted by atomic mass is 16.3. The maximum Gasteiger partial charge on any atom is 0.225 e. The molecule has 180 valence electrons. The van der Waals surface area contributed by atoms with Crippen LogP contribution in [-0.2, 0) is 11.3 Å². The Morgan fingerprint density at radius 1 is 0.943 bits per heavy atom. The van der Waals surface area contributed by atoms with Gasteiger partial charge in [-0.05, 0) is 69.1 Å². The Kier molecular flexibility index (Phi) is 6.08. The van der Waals surface area contributed by atoms with Crippen LogP contribution in [-0.4, -0.2) is 56.4 Å². The van der Waals surface area contributed by atoms with E-state index in [1.165, 1.54) is 5.56 Å². The van der Waals surface area contributed by atoms with Crippen molar-refractivity contribution in [2.24, 2.45) is 5.92 Å². The summed E-state index contributed by atoms with van der Waals surface area (Å²) in [5.74, 6) is 1.40. The number of nitrogens with zero attached hydrogens (tertiary/aromatic N) is 5. The number of rotatable bonds is 5. The lowest BCUT2D eigenvalue weighted by molar-refractivity contribution is -0.138. The van der Waals surface area contributed by atoms with Crippen molar-refractivity contribution in [2.75, 3.05) is 26.2 Å². The molecule has 7 nitrogen and oxygen atoms in total. The Balaban J connectivity index is 1.12. The first-order valence-corrected chi connectivity index (χ1v) is 12.7. The summed E-state index contributed by atoms with van der Waals surface area (Å²) in [7, 11) is 0. The van der Waals surface area contributed by atoms with Crippen molar-refractivity contribution in [1.29, 1.82) is 0 Å². The standard InChI is InChI=1S/C28H31N5O2/c34-28(22-8-14-31(15-9-22)19-21-12-18-35-20-21)32-16-10-23(11-17-32)33-26-7-2-1-5-24(26)30-27(33)25-6-3-4-13-29-25/h1-7,12-13,18,20,22-23H,8-11,14-17,19H2. The van der Waals surface area contributed by atoms with E-state index in [-0.39, 0.29) is 5.92 Å². The van der Waals surface area contributed by atoms with Crippen LogP contribution in [0.4, 0.5) is 0 Å². The minimum absolute atomic E-state index is 0.144. The molecule has 1 aromatic carbocycles. The molecule has 0 saturated carbocycles. The predicted octanol–water partition coefficient (Wildman–Crippen LogP) is 4.77. The van der Waals surface area contributed by atoms with Crippen molar-refractivity contribution in [3.63, 3.8) is 0 Å². The molecule has 1 amide bonds. The smallest absolute Gasteiger partial charge is 0.225 e. The van der Waals surface area contributed by atoms with Gasteiger partial charge in [0.25, 0.3) is 0 Å². The van der Waals surface area contributed by atoms with Gasteiger partial charge in [0.05, 0.1) is 23.6 Å². The highest BCUT2D eigenvalue weighted by molar-refractivity contribution is 5.81. The highest BCUT2D eigenvalue weighted by Crippen LogP contribution is 2.33. The van der Waals surface area contributed by atoms with E-state index < -0.39 is 0 Å². The molecule has 5 heterocycles. The van der Waals surface area contributed by atoms with E-state index in [0.29, 0.717) is 11.9 Å². The molecule has 3 aromatic heterocycles. The van der Waals surface area contributed by atoms with E-state index in [1.807, 2.05) is 42.8 Å². The van der Waals surface area contributed by atoms with E-state index >= 15 is 0 Å². The Bertz CT molecular complexity index is 1270. The number of pyridine rings is 1. The highest BCUT2D eigenvalue weighted by Gasteiger charge is 2.32. The van der Waals surface area contributed by atoms with Crippen LogP contribution in [0.3, 0.4) is 0 Å². The number of fused-ring (bicyclic) bond motifs is 1. The molecule has 2 aliphatic heterocycles. The minimum Gasteiger partial charge on any atom is -0.472 e. The lowest BCUT2D eigenvalue weighted by Crippen LogP contribution is -2.45. The van der Waals surface area contributed by atoms with E-state index in [4.69, 9.17) is 9.40 Å². The molecule has 0 aliphatic carbocycles. The first-order chi connectivity index (χ1) is 17.3. The van der Waals surface area contributed by atoms with Gasteiger partial charge in [-0.2, -0.15) is 0 Å². The summed E-state index contributed by atoms with van der Waals surface area (Å²) in [6.07, 6.45) is 9.10. The van der Waals surface area contributed by atoms with E-state index in [1.54, 1.807) is 6.26 Å². The zero-order valence-corrected chi connectivity index (χ0v) is 19.9. The SMILES string of the molecule is O=C(C1CCN(Cc2ccoc2)CC1)N1CCC(n2c(-c3ccccn3)nc3ccccc32)CC1. The molecule has 0 radical (unpaired) electrons. The third-order valence-electron chi connectivity index (χ3n) is 7.55. The first kappa shape index (κ1) is 22.0. The number of amides is 1. The lowest BCUT2D eigenvalue weighted by atomic mass is 9.93. The molecule has 35 heavy (non-hydrogen) atoms. The molecule has 0 N–H and O–H groups in total. The third-order valence-corrected chi connectivity index (χ3v) is 7.55. The van der Waals surface area contributed by atoms with Gasteiger partial charge in [0.1, 0.15) is 5.69 Å². The number of likely N-dealkylation sites (tertiary alicyclic amines) is 2. The van der Waals surface area contributed by atoms with Crippen molar-refractivity contribution in [1.82, 2.24) is 24.3 Å². The summed E-state index contributed by atoms with van der Waals surface area (Å²) in [4.78, 5) is 27.4. The maximum absolute atomic E-state index is 13.3. The summed E-state index contributed by atoms with van der Waals surface area (Å²) >= 11 is 0. The van der Waals surface area contributed by atoms with Gasteiger partial charge in [-0.25, -0.2) is 4.98 Å². The molecule has 2 saturated heterocycles. The number of aromatic nitrogens is 3. The molecule has 0 atom stereocenters. The molecular formula is C28H31N5O2. The molecule has 4 aromatic rings. The van der Waals surface area contributed by atoms with Crippen molar-refractivity contribution in [3.8, 4) is 11.5 Å². The van der Waals surface area contributed by atoms with Crippen LogP contribution >= 0.6 is 0 Å². The van der Waals surface area contributed by atoms with Crippen LogP contribution < -0.4 is 0 Å². The molecule has 0 bridgehead atoms. The van der Waals surface area contributed by atoms with Crippen LogP contribution in [0.1, 0.15) is 37.3 Å². The number of benzene rings is 1. The zero-order valence-electron chi connectivity index (χ0n) is 19.9. The third kappa shape index (κ3) is 4.48. The van der Waals surface area contributed by atoms with Crippen molar-refractivity contribution in [3.05, 3.63) is 72.8 Å². The average Bonchev–Trinajstić information content (AvgIpc) is 3.57. The monoisotopic (exact) mass is 469 g/mol. The molecule has 6 rings (SSSR count). The quantitative estimate of drug-likeness (QED) is 0.421. The predicted molar refractivity (Wildman–Crippen MR) is 135 cm³/mol. The Hall–Kier alpha value is -3.45. The summed E-state index contributed by atoms with van der Waals surface area (Å²) in [5.41, 5.74) is 4.23. The van der Waals surface area contributed by atoms with Gasteiger partial charge >= 0.3 is 0 Å². The number of piperidine rings is 2.